The zero-order valence-electron chi connectivity index (χ0n) is 19.6. The normalized spacial score (nSPS) is 15.4. The number of carboxylic acids is 1. The van der Waals surface area contributed by atoms with Crippen molar-refractivity contribution in [3.8, 4) is 0 Å². The molecule has 1 aliphatic heterocycles. The van der Waals surface area contributed by atoms with Crippen LogP contribution in [0.25, 0.3) is 0 Å². The third-order valence-electron chi connectivity index (χ3n) is 6.01. The first kappa shape index (κ1) is 24.5. The number of amides is 3. The lowest BCUT2D eigenvalue weighted by atomic mass is 10.1. The molecular weight excluding hydrogens is 458 g/mol. The number of hydrogen-bond acceptors (Lipinski definition) is 5. The quantitative estimate of drug-likeness (QED) is 0.268. The highest BCUT2D eigenvalue weighted by Gasteiger charge is 2.37. The number of nitrogens with one attached hydrogen (secondary N) is 1. The Bertz CT molecular complexity index is 1260. The van der Waals surface area contributed by atoms with Crippen LogP contribution in [0.3, 0.4) is 0 Å². The van der Waals surface area contributed by atoms with E-state index in [9.17, 15) is 19.5 Å². The van der Waals surface area contributed by atoms with Crippen LogP contribution < -0.4 is 16.1 Å². The van der Waals surface area contributed by atoms with E-state index in [1.807, 2.05) is 30.3 Å². The number of rotatable bonds is 7. The van der Waals surface area contributed by atoms with Crippen LogP contribution in [0.15, 0.2) is 84.0 Å². The molecule has 0 saturated heterocycles. The summed E-state index contributed by atoms with van der Waals surface area (Å²) in [6.07, 6.45) is 1.77. The van der Waals surface area contributed by atoms with Crippen molar-refractivity contribution in [1.82, 2.24) is 4.90 Å². The highest BCUT2D eigenvalue weighted by Crippen LogP contribution is 2.30. The summed E-state index contributed by atoms with van der Waals surface area (Å²) >= 11 is 0. The number of fused-ring (bicyclic) bond motifs is 1. The molecule has 4 N–H and O–H groups in total. The fourth-order valence-corrected chi connectivity index (χ4v) is 4.31. The van der Waals surface area contributed by atoms with Gasteiger partial charge >= 0.3 is 12.0 Å². The fraction of sp³-hybridized carbons (Fsp3) is 0.185. The standard InChI is InChI=1S/C27H27N5O4/c28-29-17-20-10-12-21(13-11-20)30-27(36)32-22(16-25(33)34)18-31(15-14-19-6-2-1-3-7-19)26(35)23-8-4-5-9-24(23)32/h1-13,17,22H,14-16,18,28H2,(H,30,36)(H,33,34). The van der Waals surface area contributed by atoms with Gasteiger partial charge < -0.3 is 21.2 Å². The predicted molar refractivity (Wildman–Crippen MR) is 138 cm³/mol. The molecule has 9 heteroatoms. The first-order valence-electron chi connectivity index (χ1n) is 11.5. The number of carbonyl (C=O) groups excluding carboxylic acids is 2. The van der Waals surface area contributed by atoms with Gasteiger partial charge in [0.25, 0.3) is 5.91 Å². The summed E-state index contributed by atoms with van der Waals surface area (Å²) in [5, 5.41) is 16.0. The molecule has 1 atom stereocenters. The molecule has 1 unspecified atom stereocenters. The lowest BCUT2D eigenvalue weighted by molar-refractivity contribution is -0.137. The van der Waals surface area contributed by atoms with Crippen LogP contribution in [0.5, 0.6) is 0 Å². The molecule has 9 nitrogen and oxygen atoms in total. The number of nitrogens with zero attached hydrogens (tertiary/aromatic N) is 3. The number of para-hydroxylation sites is 1. The van der Waals surface area contributed by atoms with Gasteiger partial charge in [-0.3, -0.25) is 14.5 Å². The van der Waals surface area contributed by atoms with Gasteiger partial charge in [-0.15, -0.1) is 0 Å². The van der Waals surface area contributed by atoms with Crippen LogP contribution in [0.4, 0.5) is 16.2 Å². The van der Waals surface area contributed by atoms with E-state index in [4.69, 9.17) is 5.84 Å². The maximum absolute atomic E-state index is 13.5. The molecule has 0 spiro atoms. The number of carboxylic acid groups (broad SMARTS) is 1. The third kappa shape index (κ3) is 5.69. The second kappa shape index (κ2) is 11.2. The molecule has 4 rings (SSSR count). The van der Waals surface area contributed by atoms with E-state index in [0.717, 1.165) is 11.1 Å². The van der Waals surface area contributed by atoms with Gasteiger partial charge in [0.1, 0.15) is 0 Å². The molecule has 184 valence electrons. The third-order valence-corrected chi connectivity index (χ3v) is 6.01. The minimum atomic E-state index is -1.06. The summed E-state index contributed by atoms with van der Waals surface area (Å²) < 4.78 is 0. The second-order valence-electron chi connectivity index (χ2n) is 8.46. The molecule has 3 amide bonds. The summed E-state index contributed by atoms with van der Waals surface area (Å²) in [5.74, 6) is 3.89. The summed E-state index contributed by atoms with van der Waals surface area (Å²) in [4.78, 5) is 41.9. The summed E-state index contributed by atoms with van der Waals surface area (Å²) in [6, 6.07) is 22.1. The zero-order valence-corrected chi connectivity index (χ0v) is 19.6. The number of urea groups is 1. The summed E-state index contributed by atoms with van der Waals surface area (Å²) in [6.45, 7) is 0.485. The summed E-state index contributed by atoms with van der Waals surface area (Å²) in [7, 11) is 0. The molecule has 36 heavy (non-hydrogen) atoms. The Morgan fingerprint density at radius 3 is 2.42 bits per heavy atom. The van der Waals surface area contributed by atoms with E-state index in [-0.39, 0.29) is 18.9 Å². The van der Waals surface area contributed by atoms with Crippen LogP contribution >= 0.6 is 0 Å². The Morgan fingerprint density at radius 1 is 1.03 bits per heavy atom. The minimum Gasteiger partial charge on any atom is -0.481 e. The molecule has 0 radical (unpaired) electrons. The van der Waals surface area contributed by atoms with E-state index < -0.39 is 18.0 Å². The van der Waals surface area contributed by atoms with E-state index in [1.54, 1.807) is 53.4 Å². The number of hydrazone groups is 1. The van der Waals surface area contributed by atoms with Crippen LogP contribution in [-0.4, -0.2) is 53.3 Å². The number of anilines is 2. The van der Waals surface area contributed by atoms with Gasteiger partial charge in [-0.2, -0.15) is 5.10 Å². The molecule has 0 aromatic heterocycles. The summed E-state index contributed by atoms with van der Waals surface area (Å²) in [5.41, 5.74) is 3.06. The van der Waals surface area contributed by atoms with Crippen LogP contribution in [0.1, 0.15) is 27.9 Å². The Morgan fingerprint density at radius 2 is 1.72 bits per heavy atom. The first-order chi connectivity index (χ1) is 17.5. The van der Waals surface area contributed by atoms with Crippen molar-refractivity contribution in [3.05, 3.63) is 95.6 Å². The van der Waals surface area contributed by atoms with Crippen LogP contribution in [0, 0.1) is 0 Å². The SMILES string of the molecule is NN=Cc1ccc(NC(=O)N2c3ccccc3C(=O)N(CCc3ccccc3)CC2CC(=O)O)cc1. The zero-order chi connectivity index (χ0) is 25.5. The Labute approximate surface area is 208 Å². The molecular formula is C27H27N5O4. The number of nitrogens with two attached hydrogens (primary N) is 1. The van der Waals surface area contributed by atoms with Gasteiger partial charge in [-0.25, -0.2) is 4.79 Å². The smallest absolute Gasteiger partial charge is 0.326 e. The van der Waals surface area contributed by atoms with E-state index in [0.29, 0.717) is 29.9 Å². The number of aliphatic carboxylic acids is 1. The molecule has 0 fully saturated rings. The predicted octanol–water partition coefficient (Wildman–Crippen LogP) is 3.56. The second-order valence-corrected chi connectivity index (χ2v) is 8.46. The molecule has 0 saturated carbocycles. The van der Waals surface area contributed by atoms with Gasteiger partial charge in [0.05, 0.1) is 29.9 Å². The number of benzene rings is 3. The lowest BCUT2D eigenvalue weighted by Gasteiger charge is -2.31. The molecule has 3 aromatic carbocycles. The molecule has 0 bridgehead atoms. The Hall–Kier alpha value is -4.66. The average molecular weight is 486 g/mol. The monoisotopic (exact) mass is 485 g/mol. The fourth-order valence-electron chi connectivity index (χ4n) is 4.31. The van der Waals surface area contributed by atoms with Crippen molar-refractivity contribution in [2.45, 2.75) is 18.9 Å². The van der Waals surface area contributed by atoms with E-state index in [1.165, 1.54) is 11.1 Å². The van der Waals surface area contributed by atoms with E-state index >= 15 is 0 Å². The van der Waals surface area contributed by atoms with Gasteiger partial charge in [0.15, 0.2) is 0 Å². The van der Waals surface area contributed by atoms with Gasteiger partial charge in [-0.1, -0.05) is 54.6 Å². The topological polar surface area (TPSA) is 128 Å². The Kier molecular flexibility index (Phi) is 7.60. The molecule has 1 aliphatic rings. The van der Waals surface area contributed by atoms with Crippen molar-refractivity contribution < 1.29 is 19.5 Å². The van der Waals surface area contributed by atoms with Gasteiger partial charge in [-0.05, 0) is 41.8 Å². The number of carbonyl (C=O) groups is 3. The van der Waals surface area contributed by atoms with Gasteiger partial charge in [0.2, 0.25) is 0 Å². The highest BCUT2D eigenvalue weighted by molar-refractivity contribution is 6.09. The van der Waals surface area contributed by atoms with Crippen molar-refractivity contribution in [1.29, 1.82) is 0 Å². The minimum absolute atomic E-state index is 0.0893. The van der Waals surface area contributed by atoms with Crippen molar-refractivity contribution in [2.24, 2.45) is 10.9 Å². The van der Waals surface area contributed by atoms with Crippen LogP contribution in [-0.2, 0) is 11.2 Å². The molecule has 3 aromatic rings. The largest absolute Gasteiger partial charge is 0.481 e. The number of hydrogen-bond donors (Lipinski definition) is 3. The van der Waals surface area contributed by atoms with Crippen molar-refractivity contribution >= 4 is 35.5 Å². The maximum Gasteiger partial charge on any atom is 0.326 e. The lowest BCUT2D eigenvalue weighted by Crippen LogP contribution is -2.49. The van der Waals surface area contributed by atoms with Gasteiger partial charge in [0, 0.05) is 18.8 Å². The van der Waals surface area contributed by atoms with E-state index in [2.05, 4.69) is 10.4 Å². The van der Waals surface area contributed by atoms with Crippen molar-refractivity contribution in [2.75, 3.05) is 23.3 Å². The highest BCUT2D eigenvalue weighted by atomic mass is 16.4. The van der Waals surface area contributed by atoms with Crippen LogP contribution in [0.2, 0.25) is 0 Å². The molecule has 0 aliphatic carbocycles. The average Bonchev–Trinajstić information content (AvgIpc) is 2.99. The van der Waals surface area contributed by atoms with Crippen molar-refractivity contribution in [3.63, 3.8) is 0 Å². The molecule has 1 heterocycles. The maximum atomic E-state index is 13.5. The Balaban J connectivity index is 1.65. The first-order valence-corrected chi connectivity index (χ1v) is 11.5.